The van der Waals surface area contributed by atoms with Crippen LogP contribution >= 0.6 is 0 Å². The fraction of sp³-hybridized carbons (Fsp3) is 0.593. The van der Waals surface area contributed by atoms with Gasteiger partial charge in [0.25, 0.3) is 0 Å². The van der Waals surface area contributed by atoms with Crippen LogP contribution in [0.4, 0.5) is 0 Å². The lowest BCUT2D eigenvalue weighted by Crippen LogP contribution is -2.81. The first kappa shape index (κ1) is 26.5. The number of furan rings is 2. The quantitative estimate of drug-likeness (QED) is 0.431. The van der Waals surface area contributed by atoms with Gasteiger partial charge in [0.2, 0.25) is 11.5 Å². The van der Waals surface area contributed by atoms with E-state index >= 15 is 0 Å². The Morgan fingerprint density at radius 1 is 0.921 bits per heavy atom. The second kappa shape index (κ2) is 8.69. The molecular weight excluding hydrogens is 500 g/mol. The fourth-order valence-electron chi connectivity index (χ4n) is 7.06. The van der Waals surface area contributed by atoms with Gasteiger partial charge in [0.1, 0.15) is 23.9 Å². The van der Waals surface area contributed by atoms with Crippen LogP contribution in [0.3, 0.4) is 0 Å². The highest BCUT2D eigenvalue weighted by Gasteiger charge is 2.84. The van der Waals surface area contributed by atoms with Crippen molar-refractivity contribution in [2.45, 2.75) is 88.7 Å². The van der Waals surface area contributed by atoms with Gasteiger partial charge in [0.15, 0.2) is 0 Å². The predicted octanol–water partition coefficient (Wildman–Crippen LogP) is 2.64. The van der Waals surface area contributed by atoms with Crippen molar-refractivity contribution in [3.05, 3.63) is 48.3 Å². The van der Waals surface area contributed by atoms with Gasteiger partial charge in [-0.1, -0.05) is 0 Å². The van der Waals surface area contributed by atoms with Crippen molar-refractivity contribution < 1.29 is 52.4 Å². The standard InChI is InChI=1S/C27H32O11/c1-14(28)35-21-16(29)13-25(4,32)27-20(37-23(31)18-9-7-11-34-18)15(24(2,3)38-27)12-19(26(21,27)5)36-22(30)17-8-6-10-33-17/h6-11,15-16,19-21,29,32H,12-13H2,1-5H3/t15-,16+,19+,20+,21+,25+,26-,27+/m1/s1. The van der Waals surface area contributed by atoms with Gasteiger partial charge in [-0.05, 0) is 58.4 Å². The van der Waals surface area contributed by atoms with E-state index in [0.29, 0.717) is 0 Å². The van der Waals surface area contributed by atoms with Crippen molar-refractivity contribution in [1.82, 2.24) is 0 Å². The lowest BCUT2D eigenvalue weighted by Gasteiger charge is -2.65. The molecule has 1 spiro atoms. The molecule has 2 aliphatic carbocycles. The van der Waals surface area contributed by atoms with E-state index in [9.17, 15) is 24.6 Å². The minimum absolute atomic E-state index is 0.0429. The van der Waals surface area contributed by atoms with Crippen LogP contribution in [0.5, 0.6) is 0 Å². The van der Waals surface area contributed by atoms with Crippen molar-refractivity contribution >= 4 is 17.9 Å². The minimum atomic E-state index is -1.83. The molecule has 206 valence electrons. The van der Waals surface area contributed by atoms with E-state index in [-0.39, 0.29) is 24.4 Å². The molecule has 0 aromatic carbocycles. The Kier molecular flexibility index (Phi) is 6.05. The smallest absolute Gasteiger partial charge is 0.374 e. The van der Waals surface area contributed by atoms with Crippen LogP contribution in [0, 0.1) is 11.3 Å². The minimum Gasteiger partial charge on any atom is -0.459 e. The first-order valence-electron chi connectivity index (χ1n) is 12.5. The van der Waals surface area contributed by atoms with Crippen LogP contribution in [0.2, 0.25) is 0 Å². The number of hydrogen-bond donors (Lipinski definition) is 2. The van der Waals surface area contributed by atoms with Gasteiger partial charge in [0, 0.05) is 19.3 Å². The molecule has 3 aliphatic rings. The molecule has 3 fully saturated rings. The van der Waals surface area contributed by atoms with E-state index in [4.69, 9.17) is 27.8 Å². The van der Waals surface area contributed by atoms with E-state index < -0.39 is 70.5 Å². The summed E-state index contributed by atoms with van der Waals surface area (Å²) in [5.41, 5.74) is -6.18. The number of fused-ring (bicyclic) bond motifs is 1. The molecule has 0 unspecified atom stereocenters. The zero-order valence-corrected chi connectivity index (χ0v) is 21.8. The predicted molar refractivity (Wildman–Crippen MR) is 127 cm³/mol. The molecule has 2 N–H and O–H groups in total. The summed E-state index contributed by atoms with van der Waals surface area (Å²) in [6.45, 7) is 7.86. The molecule has 1 saturated heterocycles. The zero-order valence-electron chi connectivity index (χ0n) is 21.8. The SMILES string of the molecule is CC(=O)O[C@H]1[C@@H](O)C[C@](C)(O)[C@]23OC(C)(C)[C@H](C[C@H](OC(=O)c4ccco4)[C@]12C)[C@@H]3OC(=O)c1ccco1. The van der Waals surface area contributed by atoms with Crippen LogP contribution in [-0.4, -0.2) is 69.3 Å². The fourth-order valence-corrected chi connectivity index (χ4v) is 7.06. The van der Waals surface area contributed by atoms with Crippen LogP contribution in [0.15, 0.2) is 45.6 Å². The molecule has 2 saturated carbocycles. The van der Waals surface area contributed by atoms with E-state index in [2.05, 4.69) is 0 Å². The Bertz CT molecular complexity index is 1210. The van der Waals surface area contributed by atoms with Crippen molar-refractivity contribution in [2.24, 2.45) is 11.3 Å². The van der Waals surface area contributed by atoms with Gasteiger partial charge in [0.05, 0.1) is 35.2 Å². The van der Waals surface area contributed by atoms with Gasteiger partial charge in [-0.15, -0.1) is 0 Å². The average molecular weight is 533 g/mol. The van der Waals surface area contributed by atoms with Gasteiger partial charge < -0.3 is 38.0 Å². The maximum atomic E-state index is 13.1. The highest BCUT2D eigenvalue weighted by Crippen LogP contribution is 2.68. The Labute approximate surface area is 219 Å². The van der Waals surface area contributed by atoms with Crippen LogP contribution in [0.25, 0.3) is 0 Å². The Morgan fingerprint density at radius 2 is 1.50 bits per heavy atom. The molecule has 2 bridgehead atoms. The summed E-state index contributed by atoms with van der Waals surface area (Å²) >= 11 is 0. The third-order valence-corrected chi connectivity index (χ3v) is 8.59. The number of carbonyl (C=O) groups is 3. The molecule has 11 nitrogen and oxygen atoms in total. The van der Waals surface area contributed by atoms with Crippen molar-refractivity contribution in [3.63, 3.8) is 0 Å². The maximum Gasteiger partial charge on any atom is 0.374 e. The number of rotatable bonds is 5. The monoisotopic (exact) mass is 532 g/mol. The third-order valence-electron chi connectivity index (χ3n) is 8.59. The van der Waals surface area contributed by atoms with Crippen molar-refractivity contribution in [1.29, 1.82) is 0 Å². The summed E-state index contributed by atoms with van der Waals surface area (Å²) in [4.78, 5) is 38.5. The van der Waals surface area contributed by atoms with E-state index in [1.807, 2.05) is 0 Å². The number of aliphatic hydroxyl groups is 2. The normalized spacial score (nSPS) is 39.2. The second-order valence-corrected chi connectivity index (χ2v) is 11.3. The second-order valence-electron chi connectivity index (χ2n) is 11.3. The average Bonchev–Trinajstić information content (AvgIpc) is 3.56. The lowest BCUT2D eigenvalue weighted by molar-refractivity contribution is -0.342. The largest absolute Gasteiger partial charge is 0.459 e. The number of hydrogen-bond acceptors (Lipinski definition) is 11. The Morgan fingerprint density at radius 3 is 2.03 bits per heavy atom. The molecule has 0 radical (unpaired) electrons. The summed E-state index contributed by atoms with van der Waals surface area (Å²) in [7, 11) is 0. The number of aliphatic hydroxyl groups excluding tert-OH is 1. The molecule has 1 aliphatic heterocycles. The summed E-state index contributed by atoms with van der Waals surface area (Å²) in [6.07, 6.45) is -2.25. The summed E-state index contributed by atoms with van der Waals surface area (Å²) in [6, 6.07) is 5.98. The highest BCUT2D eigenvalue weighted by molar-refractivity contribution is 5.87. The van der Waals surface area contributed by atoms with Crippen LogP contribution in [0.1, 0.15) is 68.6 Å². The zero-order chi connectivity index (χ0) is 27.7. The molecule has 2 aromatic rings. The van der Waals surface area contributed by atoms with E-state index in [1.165, 1.54) is 44.6 Å². The highest BCUT2D eigenvalue weighted by atomic mass is 16.6. The molecule has 8 atom stereocenters. The Hall–Kier alpha value is -3.15. The van der Waals surface area contributed by atoms with E-state index in [1.54, 1.807) is 26.8 Å². The number of esters is 3. The number of carbonyl (C=O) groups excluding carboxylic acids is 3. The van der Waals surface area contributed by atoms with Gasteiger partial charge >= 0.3 is 17.9 Å². The third kappa shape index (κ3) is 3.63. The lowest BCUT2D eigenvalue weighted by atomic mass is 9.47. The van der Waals surface area contributed by atoms with Crippen LogP contribution in [-0.2, 0) is 23.7 Å². The summed E-state index contributed by atoms with van der Waals surface area (Å²) in [5, 5.41) is 23.2. The summed E-state index contributed by atoms with van der Waals surface area (Å²) < 4.78 is 34.8. The Balaban J connectivity index is 1.68. The van der Waals surface area contributed by atoms with Crippen molar-refractivity contribution in [3.8, 4) is 0 Å². The van der Waals surface area contributed by atoms with Crippen molar-refractivity contribution in [2.75, 3.05) is 0 Å². The van der Waals surface area contributed by atoms with Gasteiger partial charge in [-0.2, -0.15) is 0 Å². The topological polar surface area (TPSA) is 155 Å². The van der Waals surface area contributed by atoms with Gasteiger partial charge in [-0.3, -0.25) is 4.79 Å². The number of ether oxygens (including phenoxy) is 4. The molecule has 2 aromatic heterocycles. The molecule has 0 amide bonds. The van der Waals surface area contributed by atoms with Gasteiger partial charge in [-0.25, -0.2) is 9.59 Å². The molecule has 5 rings (SSSR count). The maximum absolute atomic E-state index is 13.1. The summed E-state index contributed by atoms with van der Waals surface area (Å²) in [5.74, 6) is -2.89. The first-order valence-corrected chi connectivity index (χ1v) is 12.5. The molecule has 11 heteroatoms. The first-order chi connectivity index (χ1) is 17.7. The molecular formula is C27H32O11. The molecule has 3 heterocycles. The molecule has 38 heavy (non-hydrogen) atoms. The van der Waals surface area contributed by atoms with Crippen LogP contribution < -0.4 is 0 Å². The van der Waals surface area contributed by atoms with E-state index in [0.717, 1.165) is 0 Å².